The number of imide groups is 1. The number of ether oxygens (including phenoxy) is 1. The van der Waals surface area contributed by atoms with Gasteiger partial charge in [0.15, 0.2) is 0 Å². The molecule has 5 rings (SSSR count). The van der Waals surface area contributed by atoms with Gasteiger partial charge < -0.3 is 20.7 Å². The standard InChI is InChI=1S/C32H31ClN5O6/c33-24-12-9-22(10-13-24)11-14-28(40)36-17-15-32(16-18-36)29(41)37(31(43)38(32)25-6-2-1-3-7-25)21-27(39)35-20-23-5-4-8-26(19-23)44-30(34)42/h1-10,12-14,19H,11,15-18,20-21H2,(H2,34,42)(H,35,39). The Kier molecular flexibility index (Phi) is 9.15. The lowest BCUT2D eigenvalue weighted by atomic mass is 9.85. The molecule has 6 amide bonds. The van der Waals surface area contributed by atoms with Gasteiger partial charge in [0.05, 0.1) is 6.42 Å². The molecule has 2 aliphatic rings. The molecule has 11 nitrogen and oxygen atoms in total. The molecule has 2 saturated heterocycles. The molecule has 2 heterocycles. The van der Waals surface area contributed by atoms with Gasteiger partial charge in [0.25, 0.3) is 5.91 Å². The number of nitrogens with zero attached hydrogens (tertiary/aromatic N) is 3. The minimum Gasteiger partial charge on any atom is -0.410 e. The van der Waals surface area contributed by atoms with Gasteiger partial charge in [-0.05, 0) is 66.8 Å². The fraction of sp³-hybridized carbons (Fsp3) is 0.250. The number of benzene rings is 3. The third-order valence-electron chi connectivity index (χ3n) is 7.74. The van der Waals surface area contributed by atoms with Crippen LogP contribution in [-0.2, 0) is 27.3 Å². The fourth-order valence-corrected chi connectivity index (χ4v) is 5.66. The maximum absolute atomic E-state index is 13.9. The van der Waals surface area contributed by atoms with Crippen LogP contribution in [0.5, 0.6) is 5.75 Å². The van der Waals surface area contributed by atoms with E-state index >= 15 is 0 Å². The Bertz CT molecular complexity index is 1560. The van der Waals surface area contributed by atoms with Crippen LogP contribution in [0.1, 0.15) is 24.0 Å². The second kappa shape index (κ2) is 13.2. The van der Waals surface area contributed by atoms with Crippen LogP contribution >= 0.6 is 11.6 Å². The largest absolute Gasteiger partial charge is 0.410 e. The highest BCUT2D eigenvalue weighted by molar-refractivity contribution is 6.30. The van der Waals surface area contributed by atoms with Crippen LogP contribution in [-0.4, -0.2) is 64.8 Å². The molecule has 1 radical (unpaired) electrons. The van der Waals surface area contributed by atoms with Crippen molar-refractivity contribution >= 4 is 47.1 Å². The second-order valence-electron chi connectivity index (χ2n) is 10.6. The first-order valence-electron chi connectivity index (χ1n) is 14.1. The molecular formula is C32H31ClN5O6. The van der Waals surface area contributed by atoms with Crippen molar-refractivity contribution in [2.24, 2.45) is 5.73 Å². The molecular weight excluding hydrogens is 586 g/mol. The van der Waals surface area contributed by atoms with Crippen LogP contribution in [0.3, 0.4) is 0 Å². The molecule has 0 bridgehead atoms. The summed E-state index contributed by atoms with van der Waals surface area (Å²) >= 11 is 5.95. The molecule has 44 heavy (non-hydrogen) atoms. The number of para-hydroxylation sites is 1. The molecule has 2 aliphatic heterocycles. The van der Waals surface area contributed by atoms with Gasteiger partial charge in [-0.2, -0.15) is 0 Å². The lowest BCUT2D eigenvalue weighted by Crippen LogP contribution is -2.57. The van der Waals surface area contributed by atoms with Gasteiger partial charge in [0.2, 0.25) is 11.8 Å². The number of nitrogens with one attached hydrogen (secondary N) is 1. The third-order valence-corrected chi connectivity index (χ3v) is 8.00. The second-order valence-corrected chi connectivity index (χ2v) is 11.0. The quantitative estimate of drug-likeness (QED) is 0.351. The molecule has 2 fully saturated rings. The Morgan fingerprint density at radius 1 is 0.932 bits per heavy atom. The van der Waals surface area contributed by atoms with Crippen molar-refractivity contribution in [3.63, 3.8) is 0 Å². The Morgan fingerprint density at radius 2 is 1.64 bits per heavy atom. The molecule has 3 N–H and O–H groups in total. The molecule has 0 unspecified atom stereocenters. The average Bonchev–Trinajstić information content (AvgIpc) is 3.21. The molecule has 227 valence electrons. The topological polar surface area (TPSA) is 142 Å². The highest BCUT2D eigenvalue weighted by atomic mass is 35.5. The summed E-state index contributed by atoms with van der Waals surface area (Å²) in [6.45, 7) is 0.129. The van der Waals surface area contributed by atoms with Crippen molar-refractivity contribution in [3.8, 4) is 5.75 Å². The first kappa shape index (κ1) is 30.6. The van der Waals surface area contributed by atoms with Crippen molar-refractivity contribution < 1.29 is 28.7 Å². The van der Waals surface area contributed by atoms with E-state index in [2.05, 4.69) is 5.32 Å². The number of urea groups is 1. The number of hydrogen-bond donors (Lipinski definition) is 2. The van der Waals surface area contributed by atoms with Crippen molar-refractivity contribution in [1.29, 1.82) is 0 Å². The van der Waals surface area contributed by atoms with E-state index in [1.54, 1.807) is 72.0 Å². The molecule has 0 aromatic heterocycles. The summed E-state index contributed by atoms with van der Waals surface area (Å²) in [4.78, 5) is 68.8. The molecule has 0 saturated carbocycles. The Labute approximate surface area is 259 Å². The van der Waals surface area contributed by atoms with E-state index in [0.717, 1.165) is 10.5 Å². The predicted octanol–water partition coefficient (Wildman–Crippen LogP) is 3.69. The van der Waals surface area contributed by atoms with Gasteiger partial charge in [0, 0.05) is 30.3 Å². The van der Waals surface area contributed by atoms with Crippen molar-refractivity contribution in [1.82, 2.24) is 15.1 Å². The Balaban J connectivity index is 1.26. The first-order chi connectivity index (χ1) is 21.2. The summed E-state index contributed by atoms with van der Waals surface area (Å²) in [5, 5.41) is 3.33. The van der Waals surface area contributed by atoms with E-state index in [-0.39, 0.29) is 44.1 Å². The zero-order valence-electron chi connectivity index (χ0n) is 23.8. The van der Waals surface area contributed by atoms with E-state index < -0.39 is 36.0 Å². The molecule has 0 atom stereocenters. The van der Waals surface area contributed by atoms with E-state index in [1.807, 2.05) is 18.2 Å². The van der Waals surface area contributed by atoms with Crippen LogP contribution < -0.4 is 20.7 Å². The lowest BCUT2D eigenvalue weighted by molar-refractivity contribution is -0.138. The highest BCUT2D eigenvalue weighted by Gasteiger charge is 2.59. The number of hydrogen-bond acceptors (Lipinski definition) is 6. The molecule has 12 heteroatoms. The number of halogens is 1. The van der Waals surface area contributed by atoms with Gasteiger partial charge in [0.1, 0.15) is 17.8 Å². The number of carbonyl (C=O) groups is 5. The average molecular weight is 617 g/mol. The zero-order valence-corrected chi connectivity index (χ0v) is 24.5. The predicted molar refractivity (Wildman–Crippen MR) is 163 cm³/mol. The lowest BCUT2D eigenvalue weighted by Gasteiger charge is -2.42. The van der Waals surface area contributed by atoms with Crippen LogP contribution in [0.2, 0.25) is 5.02 Å². The minimum atomic E-state index is -1.23. The molecule has 3 aromatic carbocycles. The SMILES string of the molecule is NC(=O)Oc1cccc(CNC(=O)CN2C(=O)N(c3ccccc3)C3(CCN(C(=O)[CH]Cc4ccc(Cl)cc4)CC3)C2=O)c1. The van der Waals surface area contributed by atoms with Crippen molar-refractivity contribution in [3.05, 3.63) is 101 Å². The smallest absolute Gasteiger partial charge is 0.409 e. The van der Waals surface area contributed by atoms with Gasteiger partial charge >= 0.3 is 12.1 Å². The number of piperidine rings is 1. The highest BCUT2D eigenvalue weighted by Crippen LogP contribution is 2.40. The summed E-state index contributed by atoms with van der Waals surface area (Å²) in [5.41, 5.74) is 5.94. The third kappa shape index (κ3) is 6.68. The van der Waals surface area contributed by atoms with Crippen LogP contribution in [0.4, 0.5) is 15.3 Å². The number of anilines is 1. The molecule has 0 aliphatic carbocycles. The number of amides is 6. The maximum atomic E-state index is 13.9. The summed E-state index contributed by atoms with van der Waals surface area (Å²) in [5.74, 6) is -0.945. The van der Waals surface area contributed by atoms with E-state index in [0.29, 0.717) is 22.7 Å². The zero-order chi connectivity index (χ0) is 31.3. The maximum Gasteiger partial charge on any atom is 0.409 e. The summed E-state index contributed by atoms with van der Waals surface area (Å²) < 4.78 is 4.87. The van der Waals surface area contributed by atoms with Crippen molar-refractivity contribution in [2.45, 2.75) is 31.3 Å². The number of likely N-dealkylation sites (tertiary alicyclic amines) is 1. The molecule has 1 spiro atoms. The van der Waals surface area contributed by atoms with E-state index in [9.17, 15) is 24.0 Å². The molecule has 3 aromatic rings. The van der Waals surface area contributed by atoms with Gasteiger partial charge in [-0.15, -0.1) is 0 Å². The monoisotopic (exact) mass is 616 g/mol. The van der Waals surface area contributed by atoms with Crippen LogP contribution in [0.25, 0.3) is 0 Å². The Morgan fingerprint density at radius 3 is 2.32 bits per heavy atom. The summed E-state index contributed by atoms with van der Waals surface area (Å²) in [6.07, 6.45) is 1.52. The van der Waals surface area contributed by atoms with E-state index in [1.165, 1.54) is 4.90 Å². The summed E-state index contributed by atoms with van der Waals surface area (Å²) in [7, 11) is 0. The van der Waals surface area contributed by atoms with Crippen molar-refractivity contribution in [2.75, 3.05) is 24.5 Å². The number of rotatable bonds is 9. The first-order valence-corrected chi connectivity index (χ1v) is 14.4. The van der Waals surface area contributed by atoms with Crippen LogP contribution in [0, 0.1) is 6.42 Å². The van der Waals surface area contributed by atoms with Crippen LogP contribution in [0.15, 0.2) is 78.9 Å². The van der Waals surface area contributed by atoms with Gasteiger partial charge in [-0.25, -0.2) is 9.59 Å². The Hall–Kier alpha value is -4.90. The number of nitrogens with two attached hydrogens (primary N) is 1. The number of carbonyl (C=O) groups excluding carboxylic acids is 5. The van der Waals surface area contributed by atoms with Gasteiger partial charge in [-0.1, -0.05) is 54.1 Å². The van der Waals surface area contributed by atoms with E-state index in [4.69, 9.17) is 22.1 Å². The normalized spacial score (nSPS) is 15.9. The number of primary amides is 1. The minimum absolute atomic E-state index is 0.0716. The fourth-order valence-electron chi connectivity index (χ4n) is 5.54. The summed E-state index contributed by atoms with van der Waals surface area (Å²) in [6, 6.07) is 22.0. The van der Waals surface area contributed by atoms with Gasteiger partial charge in [-0.3, -0.25) is 24.2 Å².